The number of amides is 1. The van der Waals surface area contributed by atoms with Crippen LogP contribution >= 0.6 is 0 Å². The van der Waals surface area contributed by atoms with Crippen LogP contribution in [0.25, 0.3) is 0 Å². The molecule has 0 atom stereocenters. The van der Waals surface area contributed by atoms with Gasteiger partial charge in [-0.1, -0.05) is 25.2 Å². The molecule has 0 spiro atoms. The summed E-state index contributed by atoms with van der Waals surface area (Å²) in [5.74, 6) is 5.63. The summed E-state index contributed by atoms with van der Waals surface area (Å²) in [7, 11) is 0. The first-order valence-corrected chi connectivity index (χ1v) is 7.52. The van der Waals surface area contributed by atoms with Crippen molar-refractivity contribution in [1.29, 1.82) is 0 Å². The maximum absolute atomic E-state index is 12.2. The number of aliphatic hydroxyl groups is 1. The van der Waals surface area contributed by atoms with E-state index < -0.39 is 0 Å². The molecule has 2 N–H and O–H groups in total. The van der Waals surface area contributed by atoms with Crippen molar-refractivity contribution in [1.82, 2.24) is 10.3 Å². The number of nitrogens with one attached hydrogen (secondary N) is 1. The second kappa shape index (κ2) is 7.24. The molecule has 0 unspecified atom stereocenters. The van der Waals surface area contributed by atoms with E-state index in [9.17, 15) is 4.79 Å². The van der Waals surface area contributed by atoms with Crippen LogP contribution < -0.4 is 5.32 Å². The Hall–Kier alpha value is -1.86. The van der Waals surface area contributed by atoms with Crippen LogP contribution in [-0.4, -0.2) is 29.1 Å². The zero-order valence-electron chi connectivity index (χ0n) is 12.5. The van der Waals surface area contributed by atoms with Crippen molar-refractivity contribution in [3.63, 3.8) is 0 Å². The Balaban J connectivity index is 1.96. The number of rotatable bonds is 5. The molecule has 0 saturated heterocycles. The lowest BCUT2D eigenvalue weighted by Gasteiger charge is -2.41. The van der Waals surface area contributed by atoms with E-state index in [2.05, 4.69) is 29.1 Å². The third-order valence-corrected chi connectivity index (χ3v) is 4.26. The van der Waals surface area contributed by atoms with Gasteiger partial charge in [-0.25, -0.2) is 0 Å². The molecule has 2 rings (SSSR count). The summed E-state index contributed by atoms with van der Waals surface area (Å²) >= 11 is 0. The van der Waals surface area contributed by atoms with E-state index in [0.717, 1.165) is 13.0 Å². The molecular weight excluding hydrogens is 264 g/mol. The fourth-order valence-electron chi connectivity index (χ4n) is 2.55. The molecular formula is C17H22N2O2. The summed E-state index contributed by atoms with van der Waals surface area (Å²) in [6, 6.07) is 1.74. The molecule has 0 radical (unpaired) electrons. The Bertz CT molecular complexity index is 548. The van der Waals surface area contributed by atoms with E-state index in [1.54, 1.807) is 18.5 Å². The standard InChI is InChI=1S/C17H22N2O2/c1-2-17(7-5-8-17)13-19-16(21)15-10-14(11-18-12-15)6-3-4-9-20/h10-12,20H,2,4-5,7-9,13H2,1H3,(H,19,21). The average molecular weight is 286 g/mol. The normalized spacial score (nSPS) is 15.5. The van der Waals surface area contributed by atoms with Gasteiger partial charge >= 0.3 is 0 Å². The summed E-state index contributed by atoms with van der Waals surface area (Å²) in [6.07, 6.45) is 8.39. The maximum atomic E-state index is 12.2. The Morgan fingerprint density at radius 1 is 1.48 bits per heavy atom. The average Bonchev–Trinajstić information content (AvgIpc) is 2.47. The summed E-state index contributed by atoms with van der Waals surface area (Å²) in [4.78, 5) is 16.2. The van der Waals surface area contributed by atoms with E-state index in [4.69, 9.17) is 5.11 Å². The van der Waals surface area contributed by atoms with Crippen molar-refractivity contribution in [2.75, 3.05) is 13.2 Å². The molecule has 1 aliphatic carbocycles. The van der Waals surface area contributed by atoms with Crippen LogP contribution in [0.5, 0.6) is 0 Å². The zero-order chi connectivity index (χ0) is 15.1. The molecule has 21 heavy (non-hydrogen) atoms. The van der Waals surface area contributed by atoms with E-state index in [1.165, 1.54) is 19.3 Å². The number of carbonyl (C=O) groups is 1. The Labute approximate surface area is 126 Å². The first-order chi connectivity index (χ1) is 10.2. The van der Waals surface area contributed by atoms with Gasteiger partial charge in [-0.2, -0.15) is 0 Å². The van der Waals surface area contributed by atoms with Gasteiger partial charge in [-0.15, -0.1) is 0 Å². The molecule has 1 saturated carbocycles. The van der Waals surface area contributed by atoms with E-state index >= 15 is 0 Å². The quantitative estimate of drug-likeness (QED) is 0.815. The Morgan fingerprint density at radius 2 is 2.29 bits per heavy atom. The highest BCUT2D eigenvalue weighted by molar-refractivity contribution is 5.94. The highest BCUT2D eigenvalue weighted by atomic mass is 16.2. The monoisotopic (exact) mass is 286 g/mol. The second-order valence-electron chi connectivity index (χ2n) is 5.63. The molecule has 112 valence electrons. The van der Waals surface area contributed by atoms with Crippen molar-refractivity contribution in [3.8, 4) is 11.8 Å². The van der Waals surface area contributed by atoms with Gasteiger partial charge in [0.2, 0.25) is 0 Å². The molecule has 1 fully saturated rings. The lowest BCUT2D eigenvalue weighted by molar-refractivity contribution is 0.0849. The van der Waals surface area contributed by atoms with E-state index in [0.29, 0.717) is 23.0 Å². The highest BCUT2D eigenvalue weighted by Gasteiger charge is 2.35. The predicted octanol–water partition coefficient (Wildman–Crippen LogP) is 2.13. The highest BCUT2D eigenvalue weighted by Crippen LogP contribution is 2.43. The molecule has 1 amide bonds. The molecule has 0 bridgehead atoms. The van der Waals surface area contributed by atoms with Crippen LogP contribution in [0.15, 0.2) is 18.5 Å². The van der Waals surface area contributed by atoms with Gasteiger partial charge in [0.25, 0.3) is 5.91 Å². The molecule has 1 heterocycles. The number of carbonyl (C=O) groups excluding carboxylic acids is 1. The van der Waals surface area contributed by atoms with Gasteiger partial charge in [0.1, 0.15) is 0 Å². The molecule has 0 aromatic carbocycles. The van der Waals surface area contributed by atoms with Crippen LogP contribution in [0.2, 0.25) is 0 Å². The first-order valence-electron chi connectivity index (χ1n) is 7.52. The van der Waals surface area contributed by atoms with Crippen molar-refractivity contribution in [2.45, 2.75) is 39.0 Å². The second-order valence-corrected chi connectivity index (χ2v) is 5.63. The maximum Gasteiger partial charge on any atom is 0.252 e. The number of nitrogens with zero attached hydrogens (tertiary/aromatic N) is 1. The van der Waals surface area contributed by atoms with Gasteiger partial charge in [0.15, 0.2) is 0 Å². The Morgan fingerprint density at radius 3 is 2.90 bits per heavy atom. The summed E-state index contributed by atoms with van der Waals surface area (Å²) < 4.78 is 0. The number of hydrogen-bond acceptors (Lipinski definition) is 3. The lowest BCUT2D eigenvalue weighted by atomic mass is 9.67. The zero-order valence-corrected chi connectivity index (χ0v) is 12.5. The fourth-order valence-corrected chi connectivity index (χ4v) is 2.55. The molecule has 1 aromatic rings. The number of aliphatic hydroxyl groups excluding tert-OH is 1. The summed E-state index contributed by atoms with van der Waals surface area (Å²) in [6.45, 7) is 2.96. The fraction of sp³-hybridized carbons (Fsp3) is 0.529. The van der Waals surface area contributed by atoms with Gasteiger partial charge in [0.05, 0.1) is 12.2 Å². The third-order valence-electron chi connectivity index (χ3n) is 4.26. The van der Waals surface area contributed by atoms with Crippen molar-refractivity contribution in [2.24, 2.45) is 5.41 Å². The van der Waals surface area contributed by atoms with Crippen molar-refractivity contribution >= 4 is 5.91 Å². The van der Waals surface area contributed by atoms with Crippen LogP contribution in [0.4, 0.5) is 0 Å². The molecule has 1 aliphatic rings. The third kappa shape index (κ3) is 4.05. The molecule has 1 aromatic heterocycles. The van der Waals surface area contributed by atoms with Crippen molar-refractivity contribution < 1.29 is 9.90 Å². The Kier molecular flexibility index (Phi) is 5.35. The molecule has 0 aliphatic heterocycles. The topological polar surface area (TPSA) is 62.2 Å². The minimum absolute atomic E-state index is 0.0414. The van der Waals surface area contributed by atoms with E-state index in [1.807, 2.05) is 0 Å². The van der Waals surface area contributed by atoms with Crippen LogP contribution in [0, 0.1) is 17.3 Å². The van der Waals surface area contributed by atoms with Crippen LogP contribution in [0.3, 0.4) is 0 Å². The first kappa shape index (κ1) is 15.5. The van der Waals surface area contributed by atoms with Gasteiger partial charge < -0.3 is 10.4 Å². The number of aromatic nitrogens is 1. The van der Waals surface area contributed by atoms with Gasteiger partial charge in [-0.05, 0) is 30.7 Å². The lowest BCUT2D eigenvalue weighted by Crippen LogP contribution is -2.41. The molecule has 4 heteroatoms. The summed E-state index contributed by atoms with van der Waals surface area (Å²) in [5, 5.41) is 11.7. The van der Waals surface area contributed by atoms with Gasteiger partial charge in [0, 0.05) is 30.9 Å². The number of pyridine rings is 1. The van der Waals surface area contributed by atoms with Crippen LogP contribution in [-0.2, 0) is 0 Å². The predicted molar refractivity (Wildman–Crippen MR) is 81.7 cm³/mol. The molecule has 4 nitrogen and oxygen atoms in total. The SMILES string of the molecule is CCC1(CNC(=O)c2cncc(C#CCCO)c2)CCC1. The van der Waals surface area contributed by atoms with Crippen molar-refractivity contribution in [3.05, 3.63) is 29.6 Å². The minimum Gasteiger partial charge on any atom is -0.395 e. The minimum atomic E-state index is -0.0898. The number of hydrogen-bond donors (Lipinski definition) is 2. The van der Waals surface area contributed by atoms with Gasteiger partial charge in [-0.3, -0.25) is 9.78 Å². The summed E-state index contributed by atoms with van der Waals surface area (Å²) in [5.41, 5.74) is 1.54. The largest absolute Gasteiger partial charge is 0.395 e. The van der Waals surface area contributed by atoms with E-state index in [-0.39, 0.29) is 12.5 Å². The smallest absolute Gasteiger partial charge is 0.252 e. The van der Waals surface area contributed by atoms with Crippen LogP contribution in [0.1, 0.15) is 54.9 Å².